The molecule has 0 aromatic heterocycles. The number of carbonyl (C=O) groups excluding carboxylic acids is 1. The van der Waals surface area contributed by atoms with Crippen LogP contribution in [0.3, 0.4) is 0 Å². The van der Waals surface area contributed by atoms with E-state index in [1.165, 1.54) is 19.4 Å². The van der Waals surface area contributed by atoms with Crippen molar-refractivity contribution in [2.24, 2.45) is 11.8 Å². The van der Waals surface area contributed by atoms with Gasteiger partial charge in [-0.2, -0.15) is 0 Å². The zero-order valence-corrected chi connectivity index (χ0v) is 11.4. The van der Waals surface area contributed by atoms with E-state index in [2.05, 4.69) is 9.80 Å². The monoisotopic (exact) mass is 266 g/mol. The maximum Gasteiger partial charge on any atom is 0.226 e. The largest absolute Gasteiger partial charge is 0.338 e. The molecule has 0 spiro atoms. The average molecular weight is 266 g/mol. The molecule has 0 unspecified atom stereocenters. The van der Waals surface area contributed by atoms with Crippen molar-refractivity contribution in [3.8, 4) is 0 Å². The number of hydrogen-bond acceptors (Lipinski definition) is 2. The van der Waals surface area contributed by atoms with E-state index in [0.717, 1.165) is 31.8 Å². The van der Waals surface area contributed by atoms with Crippen LogP contribution in [0.1, 0.15) is 38.5 Å². The Balaban J connectivity index is 1.38. The third kappa shape index (κ3) is 2.08. The van der Waals surface area contributed by atoms with Gasteiger partial charge in [0.05, 0.1) is 0 Å². The van der Waals surface area contributed by atoms with Crippen molar-refractivity contribution >= 4 is 5.91 Å². The molecule has 3 nitrogen and oxygen atoms in total. The van der Waals surface area contributed by atoms with Gasteiger partial charge in [0, 0.05) is 37.6 Å². The molecule has 19 heavy (non-hydrogen) atoms. The molecule has 4 heteroatoms. The number of rotatable bonds is 3. The summed E-state index contributed by atoms with van der Waals surface area (Å²) in [6.07, 6.45) is 5.29. The van der Waals surface area contributed by atoms with Crippen LogP contribution in [-0.2, 0) is 4.79 Å². The predicted octanol–water partition coefficient (Wildman–Crippen LogP) is 1.82. The van der Waals surface area contributed by atoms with Gasteiger partial charge in [-0.3, -0.25) is 9.69 Å². The Morgan fingerprint density at radius 1 is 1.05 bits per heavy atom. The SMILES string of the molecule is O=C(C1CC(F)C1)N1CC[C@H]2[C@H]1CCN2CC1CC1. The number of nitrogens with zero attached hydrogens (tertiary/aromatic N) is 2. The second-order valence-corrected chi connectivity index (χ2v) is 6.95. The second kappa shape index (κ2) is 4.44. The van der Waals surface area contributed by atoms with E-state index >= 15 is 0 Å². The van der Waals surface area contributed by atoms with Crippen molar-refractivity contribution in [1.82, 2.24) is 9.80 Å². The zero-order valence-electron chi connectivity index (χ0n) is 11.4. The first-order valence-corrected chi connectivity index (χ1v) is 7.91. The third-order valence-corrected chi connectivity index (χ3v) is 5.59. The topological polar surface area (TPSA) is 23.6 Å². The molecular formula is C15H23FN2O. The highest BCUT2D eigenvalue weighted by atomic mass is 19.1. The van der Waals surface area contributed by atoms with Gasteiger partial charge >= 0.3 is 0 Å². The molecule has 4 fully saturated rings. The lowest BCUT2D eigenvalue weighted by Crippen LogP contribution is -2.46. The van der Waals surface area contributed by atoms with Gasteiger partial charge in [-0.05, 0) is 44.4 Å². The number of halogens is 1. The molecule has 0 aromatic rings. The fourth-order valence-electron chi connectivity index (χ4n) is 4.19. The maximum absolute atomic E-state index is 12.9. The Kier molecular flexibility index (Phi) is 2.83. The summed E-state index contributed by atoms with van der Waals surface area (Å²) < 4.78 is 12.9. The summed E-state index contributed by atoms with van der Waals surface area (Å²) in [7, 11) is 0. The number of hydrogen-bond donors (Lipinski definition) is 0. The molecule has 0 N–H and O–H groups in total. The molecule has 4 aliphatic rings. The molecule has 2 saturated heterocycles. The minimum atomic E-state index is -0.720. The van der Waals surface area contributed by atoms with Crippen molar-refractivity contribution in [3.05, 3.63) is 0 Å². The van der Waals surface area contributed by atoms with Gasteiger partial charge < -0.3 is 4.90 Å². The van der Waals surface area contributed by atoms with Crippen LogP contribution in [0.4, 0.5) is 4.39 Å². The van der Waals surface area contributed by atoms with Gasteiger partial charge in [0.15, 0.2) is 0 Å². The van der Waals surface area contributed by atoms with Gasteiger partial charge in [0.25, 0.3) is 0 Å². The molecule has 0 bridgehead atoms. The molecule has 0 radical (unpaired) electrons. The van der Waals surface area contributed by atoms with E-state index in [-0.39, 0.29) is 11.8 Å². The normalized spacial score (nSPS) is 42.3. The molecule has 106 valence electrons. The number of fused-ring (bicyclic) bond motifs is 1. The summed E-state index contributed by atoms with van der Waals surface area (Å²) >= 11 is 0. The van der Waals surface area contributed by atoms with Crippen LogP contribution in [0.2, 0.25) is 0 Å². The van der Waals surface area contributed by atoms with E-state index in [9.17, 15) is 9.18 Å². The van der Waals surface area contributed by atoms with Crippen LogP contribution in [0.15, 0.2) is 0 Å². The number of amides is 1. The number of likely N-dealkylation sites (tertiary alicyclic amines) is 2. The number of carbonyl (C=O) groups is 1. The first-order chi connectivity index (χ1) is 9.22. The molecule has 2 aliphatic heterocycles. The fourth-order valence-corrected chi connectivity index (χ4v) is 4.19. The van der Waals surface area contributed by atoms with Gasteiger partial charge in [0.2, 0.25) is 5.91 Å². The quantitative estimate of drug-likeness (QED) is 0.778. The van der Waals surface area contributed by atoms with Crippen molar-refractivity contribution in [2.75, 3.05) is 19.6 Å². The van der Waals surface area contributed by atoms with E-state index in [4.69, 9.17) is 0 Å². The predicted molar refractivity (Wildman–Crippen MR) is 70.4 cm³/mol. The van der Waals surface area contributed by atoms with Crippen molar-refractivity contribution < 1.29 is 9.18 Å². The van der Waals surface area contributed by atoms with Crippen LogP contribution in [0, 0.1) is 11.8 Å². The summed E-state index contributed by atoms with van der Waals surface area (Å²) in [6, 6.07) is 1.04. The minimum Gasteiger partial charge on any atom is -0.338 e. The van der Waals surface area contributed by atoms with E-state index in [0.29, 0.717) is 24.9 Å². The first kappa shape index (κ1) is 12.1. The lowest BCUT2D eigenvalue weighted by molar-refractivity contribution is -0.141. The number of alkyl halides is 1. The van der Waals surface area contributed by atoms with Crippen molar-refractivity contribution in [1.29, 1.82) is 0 Å². The molecule has 1 amide bonds. The second-order valence-electron chi connectivity index (χ2n) is 6.95. The molecule has 2 aliphatic carbocycles. The summed E-state index contributed by atoms with van der Waals surface area (Å²) in [6.45, 7) is 3.31. The molecule has 0 aromatic carbocycles. The summed E-state index contributed by atoms with van der Waals surface area (Å²) in [4.78, 5) is 17.1. The Hall–Kier alpha value is -0.640. The Bertz CT molecular complexity index is 378. The smallest absolute Gasteiger partial charge is 0.226 e. The first-order valence-electron chi connectivity index (χ1n) is 7.91. The third-order valence-electron chi connectivity index (χ3n) is 5.59. The lowest BCUT2D eigenvalue weighted by Gasteiger charge is -2.34. The summed E-state index contributed by atoms with van der Waals surface area (Å²) in [5.41, 5.74) is 0. The van der Waals surface area contributed by atoms with Crippen LogP contribution < -0.4 is 0 Å². The minimum absolute atomic E-state index is 0.00812. The van der Waals surface area contributed by atoms with Crippen LogP contribution in [0.25, 0.3) is 0 Å². The van der Waals surface area contributed by atoms with Crippen molar-refractivity contribution in [3.63, 3.8) is 0 Å². The fraction of sp³-hybridized carbons (Fsp3) is 0.933. The standard InChI is InChI=1S/C15H23FN2O/c16-12-7-11(8-12)15(19)18-6-4-13-14(18)3-5-17(13)9-10-1-2-10/h10-14H,1-9H2/t11?,12?,13-,14+/m0/s1. The van der Waals surface area contributed by atoms with Gasteiger partial charge in [-0.1, -0.05) is 0 Å². The van der Waals surface area contributed by atoms with E-state index < -0.39 is 6.17 Å². The van der Waals surface area contributed by atoms with Crippen LogP contribution in [0.5, 0.6) is 0 Å². The Morgan fingerprint density at radius 2 is 1.79 bits per heavy atom. The highest BCUT2D eigenvalue weighted by Crippen LogP contribution is 2.39. The van der Waals surface area contributed by atoms with Gasteiger partial charge in [0.1, 0.15) is 6.17 Å². The highest BCUT2D eigenvalue weighted by molar-refractivity contribution is 5.80. The molecule has 2 saturated carbocycles. The van der Waals surface area contributed by atoms with Crippen molar-refractivity contribution in [2.45, 2.75) is 56.8 Å². The van der Waals surface area contributed by atoms with Gasteiger partial charge in [-0.25, -0.2) is 4.39 Å². The van der Waals surface area contributed by atoms with E-state index in [1.54, 1.807) is 0 Å². The molecular weight excluding hydrogens is 243 g/mol. The Morgan fingerprint density at radius 3 is 2.47 bits per heavy atom. The highest BCUT2D eigenvalue weighted by Gasteiger charge is 2.48. The molecule has 2 atom stereocenters. The summed E-state index contributed by atoms with van der Waals surface area (Å²) in [5, 5.41) is 0. The Labute approximate surface area is 114 Å². The average Bonchev–Trinajstić information content (AvgIpc) is 2.93. The van der Waals surface area contributed by atoms with Crippen LogP contribution >= 0.6 is 0 Å². The maximum atomic E-state index is 12.9. The summed E-state index contributed by atoms with van der Waals surface area (Å²) in [5.74, 6) is 1.17. The zero-order chi connectivity index (χ0) is 13.0. The molecule has 2 heterocycles. The van der Waals surface area contributed by atoms with E-state index in [1.807, 2.05) is 0 Å². The van der Waals surface area contributed by atoms with Crippen LogP contribution in [-0.4, -0.2) is 53.6 Å². The van der Waals surface area contributed by atoms with Gasteiger partial charge in [-0.15, -0.1) is 0 Å². The molecule has 4 rings (SSSR count). The lowest BCUT2D eigenvalue weighted by atomic mass is 9.82.